The zero-order valence-corrected chi connectivity index (χ0v) is 32.0. The Balaban J connectivity index is 1.64. The number of hydrogen-bond donors (Lipinski definition) is 0. The van der Waals surface area contributed by atoms with E-state index in [2.05, 4.69) is 54.9 Å². The van der Waals surface area contributed by atoms with E-state index in [0.29, 0.717) is 50.0 Å². The van der Waals surface area contributed by atoms with Crippen LogP contribution in [0.25, 0.3) is 6.08 Å². The van der Waals surface area contributed by atoms with E-state index in [4.69, 9.17) is 18.9 Å². The van der Waals surface area contributed by atoms with Gasteiger partial charge in [-0.1, -0.05) is 29.5 Å². The third-order valence-electron chi connectivity index (χ3n) is 7.29. The SMILES string of the molecule is CCOC(=O)C1=C(C)N=c2s/c(=C/c3cc(I)cc(I)c3OCc3ccc(F)cc3)c(=O)n2[C@@H]1c1ccc(OCC(=O)OC)c(OCC)c1. The van der Waals surface area contributed by atoms with E-state index < -0.39 is 18.0 Å². The first kappa shape index (κ1) is 36.5. The lowest BCUT2D eigenvalue weighted by Crippen LogP contribution is -2.40. The second-order valence-corrected chi connectivity index (χ2v) is 13.9. The van der Waals surface area contributed by atoms with Crippen molar-refractivity contribution in [1.29, 1.82) is 0 Å². The topological polar surface area (TPSA) is 115 Å². The number of nitrogens with zero attached hydrogens (tertiary/aromatic N) is 2. The molecule has 1 aliphatic rings. The highest BCUT2D eigenvalue weighted by atomic mass is 127. The van der Waals surface area contributed by atoms with Crippen molar-refractivity contribution in [2.24, 2.45) is 4.99 Å². The first-order valence-electron chi connectivity index (χ1n) is 15.1. The standard InChI is InChI=1S/C35H31FI2N2O8S/c1-5-45-27-14-21(9-12-26(27)47-18-29(41)44-4)31-30(34(43)46-6-2)19(3)39-35-40(31)33(42)28(49-35)15-22-13-24(37)16-25(38)32(22)48-17-20-7-10-23(36)11-8-20/h7-16,31H,5-6,17-18H2,1-4H3/b28-15+/t31-/m1/s1. The third-order valence-corrected chi connectivity index (χ3v) is 9.70. The summed E-state index contributed by atoms with van der Waals surface area (Å²) in [6.45, 7) is 5.50. The van der Waals surface area contributed by atoms with Crippen molar-refractivity contribution in [2.75, 3.05) is 26.9 Å². The van der Waals surface area contributed by atoms with Gasteiger partial charge in [0.25, 0.3) is 5.56 Å². The van der Waals surface area contributed by atoms with Crippen LogP contribution in [0.15, 0.2) is 75.7 Å². The fourth-order valence-electron chi connectivity index (χ4n) is 5.10. The summed E-state index contributed by atoms with van der Waals surface area (Å²) in [4.78, 5) is 44.6. The minimum Gasteiger partial charge on any atom is -0.490 e. The first-order valence-corrected chi connectivity index (χ1v) is 18.0. The van der Waals surface area contributed by atoms with E-state index >= 15 is 0 Å². The number of allylic oxidation sites excluding steroid dienone is 1. The van der Waals surface area contributed by atoms with Gasteiger partial charge in [-0.25, -0.2) is 19.0 Å². The number of rotatable bonds is 12. The number of halogens is 3. The van der Waals surface area contributed by atoms with Crippen LogP contribution in [0.4, 0.5) is 4.39 Å². The van der Waals surface area contributed by atoms with Crippen LogP contribution in [-0.4, -0.2) is 43.4 Å². The minimum atomic E-state index is -0.906. The average molecular weight is 913 g/mol. The van der Waals surface area contributed by atoms with Crippen molar-refractivity contribution in [3.05, 3.63) is 115 Å². The molecule has 0 unspecified atom stereocenters. The molecule has 4 aromatic rings. The molecule has 10 nitrogen and oxygen atoms in total. The quantitative estimate of drug-likeness (QED) is 0.132. The number of benzene rings is 3. The molecule has 0 amide bonds. The Morgan fingerprint density at radius 3 is 2.45 bits per heavy atom. The number of esters is 2. The molecular formula is C35H31FI2N2O8S. The Morgan fingerprint density at radius 2 is 1.76 bits per heavy atom. The lowest BCUT2D eigenvalue weighted by Gasteiger charge is -2.25. The highest BCUT2D eigenvalue weighted by molar-refractivity contribution is 14.1. The molecule has 3 aromatic carbocycles. The molecule has 1 aliphatic heterocycles. The summed E-state index contributed by atoms with van der Waals surface area (Å²) >= 11 is 5.58. The Hall–Kier alpha value is -3.77. The van der Waals surface area contributed by atoms with E-state index in [1.54, 1.807) is 57.2 Å². The van der Waals surface area contributed by atoms with Gasteiger partial charge < -0.3 is 23.7 Å². The predicted molar refractivity (Wildman–Crippen MR) is 198 cm³/mol. The number of carbonyl (C=O) groups is 2. The molecular weight excluding hydrogens is 881 g/mol. The van der Waals surface area contributed by atoms with E-state index in [1.165, 1.54) is 35.1 Å². The fraction of sp³-hybridized carbons (Fsp3) is 0.257. The number of fused-ring (bicyclic) bond motifs is 1. The van der Waals surface area contributed by atoms with E-state index in [1.807, 2.05) is 12.1 Å². The number of aromatic nitrogens is 1. The second kappa shape index (κ2) is 16.3. The molecule has 1 atom stereocenters. The van der Waals surface area contributed by atoms with Crippen molar-refractivity contribution >= 4 is 74.5 Å². The molecule has 0 saturated heterocycles. The summed E-state index contributed by atoms with van der Waals surface area (Å²) in [5.41, 5.74) is 2.26. The highest BCUT2D eigenvalue weighted by Crippen LogP contribution is 2.37. The molecule has 0 aliphatic carbocycles. The number of methoxy groups -OCH3 is 1. The zero-order chi connectivity index (χ0) is 35.2. The van der Waals surface area contributed by atoms with Crippen molar-refractivity contribution in [3.8, 4) is 17.2 Å². The van der Waals surface area contributed by atoms with E-state index in [-0.39, 0.29) is 36.8 Å². The molecule has 14 heteroatoms. The number of ether oxygens (including phenoxy) is 5. The number of hydrogen-bond acceptors (Lipinski definition) is 10. The minimum absolute atomic E-state index is 0.128. The summed E-state index contributed by atoms with van der Waals surface area (Å²) < 4.78 is 44.9. The second-order valence-electron chi connectivity index (χ2n) is 10.5. The zero-order valence-electron chi connectivity index (χ0n) is 26.9. The van der Waals surface area contributed by atoms with Gasteiger partial charge >= 0.3 is 11.9 Å². The molecule has 0 saturated carbocycles. The molecule has 5 rings (SSSR count). The largest absolute Gasteiger partial charge is 0.490 e. The lowest BCUT2D eigenvalue weighted by atomic mass is 9.95. The van der Waals surface area contributed by atoms with Crippen LogP contribution < -0.4 is 29.1 Å². The molecule has 256 valence electrons. The maximum Gasteiger partial charge on any atom is 0.343 e. The number of thiazole rings is 1. The summed E-state index contributed by atoms with van der Waals surface area (Å²) in [7, 11) is 1.26. The van der Waals surface area contributed by atoms with Crippen LogP contribution in [0.5, 0.6) is 17.2 Å². The van der Waals surface area contributed by atoms with Crippen LogP contribution in [0, 0.1) is 13.0 Å². The Bertz CT molecular complexity index is 2110. The molecule has 0 spiro atoms. The van der Waals surface area contributed by atoms with Crippen LogP contribution >= 0.6 is 56.5 Å². The van der Waals surface area contributed by atoms with Gasteiger partial charge in [-0.3, -0.25) is 9.36 Å². The van der Waals surface area contributed by atoms with Gasteiger partial charge in [0.1, 0.15) is 18.2 Å². The van der Waals surface area contributed by atoms with Crippen molar-refractivity contribution in [3.63, 3.8) is 0 Å². The van der Waals surface area contributed by atoms with Gasteiger partial charge in [-0.2, -0.15) is 0 Å². The monoisotopic (exact) mass is 912 g/mol. The molecule has 0 N–H and O–H groups in total. The van der Waals surface area contributed by atoms with Crippen molar-refractivity contribution in [1.82, 2.24) is 4.57 Å². The van der Waals surface area contributed by atoms with Gasteiger partial charge in [-0.15, -0.1) is 0 Å². The highest BCUT2D eigenvalue weighted by Gasteiger charge is 2.34. The molecule has 0 radical (unpaired) electrons. The van der Waals surface area contributed by atoms with Crippen molar-refractivity contribution < 1.29 is 37.7 Å². The fourth-order valence-corrected chi connectivity index (χ4v) is 8.18. The molecule has 0 fully saturated rings. The molecule has 49 heavy (non-hydrogen) atoms. The van der Waals surface area contributed by atoms with Crippen LogP contribution in [0.2, 0.25) is 0 Å². The van der Waals surface area contributed by atoms with Crippen LogP contribution in [-0.2, 0) is 25.7 Å². The van der Waals surface area contributed by atoms with Gasteiger partial charge in [0.15, 0.2) is 22.9 Å². The Labute approximate surface area is 312 Å². The normalized spacial score (nSPS) is 14.2. The smallest absolute Gasteiger partial charge is 0.343 e. The van der Waals surface area contributed by atoms with Gasteiger partial charge in [-0.05, 0) is 120 Å². The van der Waals surface area contributed by atoms with Gasteiger partial charge in [0, 0.05) is 9.13 Å². The maximum atomic E-state index is 14.3. The summed E-state index contributed by atoms with van der Waals surface area (Å²) in [5.74, 6) is -0.312. The summed E-state index contributed by atoms with van der Waals surface area (Å²) in [6, 6.07) is 14.0. The first-order chi connectivity index (χ1) is 23.5. The molecule has 0 bridgehead atoms. The Kier molecular flexibility index (Phi) is 12.1. The molecule has 1 aromatic heterocycles. The summed E-state index contributed by atoms with van der Waals surface area (Å²) in [5, 5.41) is 0. The van der Waals surface area contributed by atoms with E-state index in [9.17, 15) is 18.8 Å². The maximum absolute atomic E-state index is 14.3. The van der Waals surface area contributed by atoms with Crippen LogP contribution in [0.1, 0.15) is 43.5 Å². The van der Waals surface area contributed by atoms with Crippen molar-refractivity contribution in [2.45, 2.75) is 33.4 Å². The van der Waals surface area contributed by atoms with Gasteiger partial charge in [0.2, 0.25) is 0 Å². The average Bonchev–Trinajstić information content (AvgIpc) is 3.37. The van der Waals surface area contributed by atoms with E-state index in [0.717, 1.165) is 12.7 Å². The van der Waals surface area contributed by atoms with Gasteiger partial charge in [0.05, 0.1) is 45.7 Å². The summed E-state index contributed by atoms with van der Waals surface area (Å²) in [6.07, 6.45) is 1.75. The molecule has 2 heterocycles. The number of carbonyl (C=O) groups excluding carboxylic acids is 2. The predicted octanol–water partition coefficient (Wildman–Crippen LogP) is 5.68. The lowest BCUT2D eigenvalue weighted by molar-refractivity contribution is -0.143. The third kappa shape index (κ3) is 8.34. The van der Waals surface area contributed by atoms with Crippen LogP contribution in [0.3, 0.4) is 0 Å². The Morgan fingerprint density at radius 1 is 1.00 bits per heavy atom.